The minimum absolute atomic E-state index is 0.249. The highest BCUT2D eigenvalue weighted by Gasteiger charge is 2.34. The number of rotatable bonds is 4. The molecule has 2 aromatic heterocycles. The van der Waals surface area contributed by atoms with E-state index in [0.29, 0.717) is 12.0 Å². The molecule has 3 heterocycles. The number of hydrogen-bond donors (Lipinski definition) is 1. The van der Waals surface area contributed by atoms with Crippen molar-refractivity contribution in [1.82, 2.24) is 19.6 Å². The maximum absolute atomic E-state index is 11.7. The van der Waals surface area contributed by atoms with Gasteiger partial charge >= 0.3 is 0 Å². The van der Waals surface area contributed by atoms with Gasteiger partial charge in [0.1, 0.15) is 5.65 Å². The highest BCUT2D eigenvalue weighted by molar-refractivity contribution is 9.10. The van der Waals surface area contributed by atoms with Gasteiger partial charge in [0.25, 0.3) is 0 Å². The van der Waals surface area contributed by atoms with Gasteiger partial charge < -0.3 is 9.72 Å². The lowest BCUT2D eigenvalue weighted by atomic mass is 10.1. The van der Waals surface area contributed by atoms with E-state index < -0.39 is 0 Å². The van der Waals surface area contributed by atoms with Crippen LogP contribution >= 0.6 is 15.9 Å². The van der Waals surface area contributed by atoms with Crippen LogP contribution in [0.1, 0.15) is 18.5 Å². The summed E-state index contributed by atoms with van der Waals surface area (Å²) in [6.45, 7) is 2.73. The Labute approximate surface area is 131 Å². The molecule has 0 aromatic carbocycles. The van der Waals surface area contributed by atoms with Gasteiger partial charge in [0.05, 0.1) is 17.9 Å². The minimum Gasteiger partial charge on any atom is -0.351 e. The smallest absolute Gasteiger partial charge is 0.223 e. The van der Waals surface area contributed by atoms with E-state index in [1.807, 2.05) is 24.5 Å². The highest BCUT2D eigenvalue weighted by Crippen LogP contribution is 2.29. The van der Waals surface area contributed by atoms with Crippen molar-refractivity contribution in [2.75, 3.05) is 13.1 Å². The second kappa shape index (κ2) is 5.10. The number of likely N-dealkylation sites (tertiary alicyclic amines) is 1. The Kier molecular flexibility index (Phi) is 3.23. The molecule has 1 saturated carbocycles. The average Bonchev–Trinajstić information content (AvgIpc) is 3.20. The van der Waals surface area contributed by atoms with E-state index in [9.17, 15) is 4.79 Å². The first-order valence-corrected chi connectivity index (χ1v) is 8.12. The lowest BCUT2D eigenvalue weighted by Gasteiger charge is -2.39. The van der Waals surface area contributed by atoms with Crippen molar-refractivity contribution in [1.29, 1.82) is 0 Å². The molecule has 2 fully saturated rings. The number of imidazole rings is 1. The van der Waals surface area contributed by atoms with Gasteiger partial charge in [0.15, 0.2) is 0 Å². The Morgan fingerprint density at radius 2 is 2.19 bits per heavy atom. The van der Waals surface area contributed by atoms with Gasteiger partial charge in [-0.05, 0) is 40.9 Å². The molecule has 0 bridgehead atoms. The van der Waals surface area contributed by atoms with Crippen molar-refractivity contribution < 1.29 is 4.79 Å². The number of nitrogens with one attached hydrogen (secondary N) is 1. The molecule has 1 aliphatic carbocycles. The zero-order valence-electron chi connectivity index (χ0n) is 11.6. The summed E-state index contributed by atoms with van der Waals surface area (Å²) in [5.41, 5.74) is 2.14. The summed E-state index contributed by atoms with van der Waals surface area (Å²) >= 11 is 3.49. The van der Waals surface area contributed by atoms with Crippen LogP contribution in [0.15, 0.2) is 29.0 Å². The van der Waals surface area contributed by atoms with Crippen molar-refractivity contribution in [3.8, 4) is 0 Å². The number of nitrogens with zero attached hydrogens (tertiary/aromatic N) is 3. The quantitative estimate of drug-likeness (QED) is 0.916. The molecule has 21 heavy (non-hydrogen) atoms. The Hall–Kier alpha value is -1.40. The fraction of sp³-hybridized carbons (Fsp3) is 0.467. The first-order valence-electron chi connectivity index (χ1n) is 7.33. The Balaban J connectivity index is 1.36. The molecule has 2 aliphatic rings. The van der Waals surface area contributed by atoms with Gasteiger partial charge in [0.2, 0.25) is 5.91 Å². The predicted octanol–water partition coefficient (Wildman–Crippen LogP) is 1.81. The van der Waals surface area contributed by atoms with Crippen LogP contribution < -0.4 is 5.32 Å². The Bertz CT molecular complexity index is 688. The van der Waals surface area contributed by atoms with Crippen LogP contribution in [0.2, 0.25) is 0 Å². The molecule has 0 radical (unpaired) electrons. The first kappa shape index (κ1) is 13.3. The van der Waals surface area contributed by atoms with E-state index in [4.69, 9.17) is 0 Å². The zero-order chi connectivity index (χ0) is 14.4. The standard InChI is InChI=1S/C15H17BrN4O/c16-11-3-4-14-17-5-13(20(14)6-11)9-19-7-12(8-19)18-15(21)10-1-2-10/h3-6,10,12H,1-2,7-9H2,(H,18,21). The number of carbonyl (C=O) groups excluding carboxylic acids is 1. The SMILES string of the molecule is O=C(NC1CN(Cc2cnc3ccc(Br)cn23)C1)C1CC1. The van der Waals surface area contributed by atoms with Crippen LogP contribution in [0.4, 0.5) is 0 Å². The second-order valence-corrected chi connectivity index (χ2v) is 6.91. The van der Waals surface area contributed by atoms with Crippen molar-refractivity contribution in [3.05, 3.63) is 34.7 Å². The second-order valence-electron chi connectivity index (χ2n) is 6.00. The molecule has 6 heteroatoms. The summed E-state index contributed by atoms with van der Waals surface area (Å²) in [5.74, 6) is 0.550. The van der Waals surface area contributed by atoms with Crippen molar-refractivity contribution >= 4 is 27.5 Å². The highest BCUT2D eigenvalue weighted by atomic mass is 79.9. The van der Waals surface area contributed by atoms with Crippen LogP contribution in [0.5, 0.6) is 0 Å². The molecule has 1 amide bonds. The summed E-state index contributed by atoms with van der Waals surface area (Å²) in [5, 5.41) is 3.12. The van der Waals surface area contributed by atoms with Gasteiger partial charge in [-0.2, -0.15) is 0 Å². The Morgan fingerprint density at radius 1 is 1.38 bits per heavy atom. The number of carbonyl (C=O) groups is 1. The monoisotopic (exact) mass is 348 g/mol. The van der Waals surface area contributed by atoms with Gasteiger partial charge in [-0.25, -0.2) is 4.98 Å². The lowest BCUT2D eigenvalue weighted by molar-refractivity contribution is -0.124. The van der Waals surface area contributed by atoms with Gasteiger partial charge in [-0.3, -0.25) is 9.69 Å². The Morgan fingerprint density at radius 3 is 2.95 bits per heavy atom. The van der Waals surface area contributed by atoms with Gasteiger partial charge in [0, 0.05) is 36.2 Å². The number of hydrogen-bond acceptors (Lipinski definition) is 3. The van der Waals surface area contributed by atoms with Crippen molar-refractivity contribution in [2.24, 2.45) is 5.92 Å². The summed E-state index contributed by atoms with van der Waals surface area (Å²) in [7, 11) is 0. The molecule has 1 saturated heterocycles. The van der Waals surface area contributed by atoms with E-state index >= 15 is 0 Å². The molecule has 1 aliphatic heterocycles. The maximum atomic E-state index is 11.7. The van der Waals surface area contributed by atoms with Crippen LogP contribution in [0, 0.1) is 5.92 Å². The molecule has 110 valence electrons. The minimum atomic E-state index is 0.249. The molecule has 5 nitrogen and oxygen atoms in total. The molecule has 1 N–H and O–H groups in total. The van der Waals surface area contributed by atoms with Crippen LogP contribution in [-0.4, -0.2) is 39.3 Å². The maximum Gasteiger partial charge on any atom is 0.223 e. The third kappa shape index (κ3) is 2.70. The summed E-state index contributed by atoms with van der Waals surface area (Å²) in [6.07, 6.45) is 6.11. The number of fused-ring (bicyclic) bond motifs is 1. The van der Waals surface area contributed by atoms with Crippen molar-refractivity contribution in [2.45, 2.75) is 25.4 Å². The molecular weight excluding hydrogens is 332 g/mol. The molecular formula is C15H17BrN4O. The van der Waals surface area contributed by atoms with E-state index in [1.165, 1.54) is 5.69 Å². The molecule has 0 spiro atoms. The molecule has 0 atom stereocenters. The van der Waals surface area contributed by atoms with E-state index in [2.05, 4.69) is 35.5 Å². The third-order valence-electron chi connectivity index (χ3n) is 4.18. The number of pyridine rings is 1. The van der Waals surface area contributed by atoms with Gasteiger partial charge in [-0.15, -0.1) is 0 Å². The average molecular weight is 349 g/mol. The summed E-state index contributed by atoms with van der Waals surface area (Å²) in [6, 6.07) is 4.32. The van der Waals surface area contributed by atoms with E-state index in [1.54, 1.807) is 0 Å². The topological polar surface area (TPSA) is 49.6 Å². The van der Waals surface area contributed by atoms with E-state index in [-0.39, 0.29) is 5.91 Å². The third-order valence-corrected chi connectivity index (χ3v) is 4.65. The molecule has 4 rings (SSSR count). The number of amides is 1. The van der Waals surface area contributed by atoms with Crippen LogP contribution in [-0.2, 0) is 11.3 Å². The predicted molar refractivity (Wildman–Crippen MR) is 82.8 cm³/mol. The zero-order valence-corrected chi connectivity index (χ0v) is 13.2. The van der Waals surface area contributed by atoms with Crippen LogP contribution in [0.3, 0.4) is 0 Å². The van der Waals surface area contributed by atoms with Crippen LogP contribution in [0.25, 0.3) is 5.65 Å². The fourth-order valence-corrected chi connectivity index (χ4v) is 3.14. The summed E-state index contributed by atoms with van der Waals surface area (Å²) in [4.78, 5) is 18.4. The lowest BCUT2D eigenvalue weighted by Crippen LogP contribution is -2.59. The molecule has 0 unspecified atom stereocenters. The number of aromatic nitrogens is 2. The molecule has 2 aromatic rings. The largest absolute Gasteiger partial charge is 0.351 e. The normalized spacial score (nSPS) is 19.7. The summed E-state index contributed by atoms with van der Waals surface area (Å²) < 4.78 is 3.16. The van der Waals surface area contributed by atoms with Crippen molar-refractivity contribution in [3.63, 3.8) is 0 Å². The van der Waals surface area contributed by atoms with Gasteiger partial charge in [-0.1, -0.05) is 0 Å². The fourth-order valence-electron chi connectivity index (χ4n) is 2.81. The first-order chi connectivity index (χ1) is 10.2. The van der Waals surface area contributed by atoms with E-state index in [0.717, 1.165) is 42.6 Å². The number of halogens is 1.